The monoisotopic (exact) mass is 167 g/mol. The average Bonchev–Trinajstić information content (AvgIpc) is 1.93. The summed E-state index contributed by atoms with van der Waals surface area (Å²) < 4.78 is 0. The maximum Gasteiger partial charge on any atom is -0.0329 e. The molecule has 0 aromatic carbocycles. The molecule has 0 aromatic rings. The zero-order chi connectivity index (χ0) is 8.81. The van der Waals surface area contributed by atoms with E-state index in [4.69, 9.17) is 0 Å². The van der Waals surface area contributed by atoms with Gasteiger partial charge in [-0.1, -0.05) is 58.8 Å². The molecule has 1 radical (unpaired) electrons. The molecule has 0 atom stereocenters. The van der Waals surface area contributed by atoms with Gasteiger partial charge in [0.2, 0.25) is 0 Å². The molecule has 0 bridgehead atoms. The second-order valence-electron chi connectivity index (χ2n) is 4.54. The highest BCUT2D eigenvalue weighted by Crippen LogP contribution is 2.26. The van der Waals surface area contributed by atoms with Crippen molar-refractivity contribution in [2.75, 3.05) is 0 Å². The van der Waals surface area contributed by atoms with Crippen molar-refractivity contribution in [3.63, 3.8) is 0 Å². The van der Waals surface area contributed by atoms with Crippen molar-refractivity contribution < 1.29 is 0 Å². The minimum atomic E-state index is 0.787. The normalized spacial score (nSPS) is 22.2. The van der Waals surface area contributed by atoms with Crippen LogP contribution in [0, 0.1) is 18.3 Å². The Labute approximate surface area is 77.7 Å². The molecule has 0 aromatic heterocycles. The molecule has 1 saturated carbocycles. The van der Waals surface area contributed by atoms with Gasteiger partial charge >= 0.3 is 0 Å². The smallest absolute Gasteiger partial charge is 0.0329 e. The summed E-state index contributed by atoms with van der Waals surface area (Å²) in [5.74, 6) is 1.72. The van der Waals surface area contributed by atoms with Crippen molar-refractivity contribution in [1.29, 1.82) is 0 Å². The Bertz CT molecular complexity index is 96.6. The van der Waals surface area contributed by atoms with E-state index in [-0.39, 0.29) is 0 Å². The summed E-state index contributed by atoms with van der Waals surface area (Å²) in [6, 6.07) is 0. The van der Waals surface area contributed by atoms with Crippen LogP contribution in [0.2, 0.25) is 0 Å². The van der Waals surface area contributed by atoms with E-state index in [0.717, 1.165) is 11.8 Å². The lowest BCUT2D eigenvalue weighted by Crippen LogP contribution is -2.07. The predicted octanol–water partition coefficient (Wildman–Crippen LogP) is 4.21. The van der Waals surface area contributed by atoms with Gasteiger partial charge in [0, 0.05) is 0 Å². The van der Waals surface area contributed by atoms with Crippen LogP contribution in [0.1, 0.15) is 58.8 Å². The molecule has 0 heteroatoms. The summed E-state index contributed by atoms with van der Waals surface area (Å²) in [6.45, 7) is 4.61. The molecule has 71 valence electrons. The maximum atomic E-state index is 2.56. The molecular formula is C12H23. The minimum Gasteiger partial charge on any atom is -0.0625 e. The molecule has 0 heterocycles. The number of hydrogen-bond donors (Lipinski definition) is 0. The Morgan fingerprint density at radius 1 is 0.917 bits per heavy atom. The van der Waals surface area contributed by atoms with Crippen LogP contribution >= 0.6 is 0 Å². The lowest BCUT2D eigenvalue weighted by atomic mass is 9.85. The van der Waals surface area contributed by atoms with E-state index in [2.05, 4.69) is 20.3 Å². The van der Waals surface area contributed by atoms with Crippen molar-refractivity contribution in [2.24, 2.45) is 11.8 Å². The predicted molar refractivity (Wildman–Crippen MR) is 54.9 cm³/mol. The molecular weight excluding hydrogens is 144 g/mol. The molecule has 0 amide bonds. The van der Waals surface area contributed by atoms with Crippen LogP contribution in [0.3, 0.4) is 0 Å². The van der Waals surface area contributed by atoms with Crippen molar-refractivity contribution in [3.05, 3.63) is 6.42 Å². The van der Waals surface area contributed by atoms with Crippen LogP contribution in [-0.2, 0) is 0 Å². The topological polar surface area (TPSA) is 0 Å². The zero-order valence-corrected chi connectivity index (χ0v) is 8.68. The van der Waals surface area contributed by atoms with Gasteiger partial charge in [-0.15, -0.1) is 0 Å². The fourth-order valence-corrected chi connectivity index (χ4v) is 2.22. The first-order chi connectivity index (χ1) is 5.79. The van der Waals surface area contributed by atoms with Crippen molar-refractivity contribution >= 4 is 0 Å². The molecule has 0 saturated heterocycles. The summed E-state index contributed by atoms with van der Waals surface area (Å²) in [5, 5.41) is 0. The van der Waals surface area contributed by atoms with Crippen LogP contribution in [0.5, 0.6) is 0 Å². The van der Waals surface area contributed by atoms with Gasteiger partial charge in [-0.2, -0.15) is 0 Å². The number of hydrogen-bond acceptors (Lipinski definition) is 0. The van der Waals surface area contributed by atoms with Gasteiger partial charge in [-0.25, -0.2) is 0 Å². The van der Waals surface area contributed by atoms with Crippen LogP contribution < -0.4 is 0 Å². The molecule has 0 aliphatic heterocycles. The second kappa shape index (κ2) is 5.61. The summed E-state index contributed by atoms with van der Waals surface area (Å²) in [4.78, 5) is 0. The first-order valence-corrected chi connectivity index (χ1v) is 5.64. The van der Waals surface area contributed by atoms with Crippen LogP contribution in [0.4, 0.5) is 0 Å². The lowest BCUT2D eigenvalue weighted by molar-refractivity contribution is 0.393. The lowest BCUT2D eigenvalue weighted by Gasteiger charge is -2.20. The van der Waals surface area contributed by atoms with E-state index in [1.165, 1.54) is 44.9 Å². The van der Waals surface area contributed by atoms with Gasteiger partial charge in [0.05, 0.1) is 0 Å². The average molecular weight is 167 g/mol. The Morgan fingerprint density at radius 2 is 1.42 bits per heavy atom. The number of rotatable bonds is 2. The van der Waals surface area contributed by atoms with E-state index < -0.39 is 0 Å². The van der Waals surface area contributed by atoms with Crippen molar-refractivity contribution in [1.82, 2.24) is 0 Å². The van der Waals surface area contributed by atoms with Crippen LogP contribution in [-0.4, -0.2) is 0 Å². The van der Waals surface area contributed by atoms with E-state index in [9.17, 15) is 0 Å². The molecule has 1 fully saturated rings. The fourth-order valence-electron chi connectivity index (χ4n) is 2.22. The van der Waals surface area contributed by atoms with E-state index in [0.29, 0.717) is 0 Å². The van der Waals surface area contributed by atoms with Crippen molar-refractivity contribution in [3.8, 4) is 0 Å². The van der Waals surface area contributed by atoms with Crippen molar-refractivity contribution in [2.45, 2.75) is 58.8 Å². The third-order valence-corrected chi connectivity index (χ3v) is 2.81. The highest BCUT2D eigenvalue weighted by Gasteiger charge is 2.12. The Morgan fingerprint density at radius 3 is 1.92 bits per heavy atom. The van der Waals surface area contributed by atoms with Gasteiger partial charge in [0.15, 0.2) is 0 Å². The summed E-state index contributed by atoms with van der Waals surface area (Å²) in [7, 11) is 0. The molecule has 12 heavy (non-hydrogen) atoms. The Hall–Kier alpha value is 0. The highest BCUT2D eigenvalue weighted by molar-refractivity contribution is 4.80. The SMILES string of the molecule is CC(C)[CH]C1CCCCCCC1. The highest BCUT2D eigenvalue weighted by atomic mass is 14.2. The Balaban J connectivity index is 2.20. The second-order valence-corrected chi connectivity index (χ2v) is 4.54. The summed E-state index contributed by atoms with van der Waals surface area (Å²) in [6.07, 6.45) is 12.8. The van der Waals surface area contributed by atoms with Gasteiger partial charge in [0.25, 0.3) is 0 Å². The molecule has 0 nitrogen and oxygen atoms in total. The van der Waals surface area contributed by atoms with E-state index in [1.807, 2.05) is 0 Å². The summed E-state index contributed by atoms with van der Waals surface area (Å²) >= 11 is 0. The zero-order valence-electron chi connectivity index (χ0n) is 8.68. The maximum absolute atomic E-state index is 2.56. The van der Waals surface area contributed by atoms with E-state index >= 15 is 0 Å². The summed E-state index contributed by atoms with van der Waals surface area (Å²) in [5.41, 5.74) is 0. The largest absolute Gasteiger partial charge is 0.0625 e. The first-order valence-electron chi connectivity index (χ1n) is 5.64. The third-order valence-electron chi connectivity index (χ3n) is 2.81. The molecule has 0 unspecified atom stereocenters. The first kappa shape index (κ1) is 10.1. The fraction of sp³-hybridized carbons (Fsp3) is 0.917. The van der Waals surface area contributed by atoms with E-state index in [1.54, 1.807) is 0 Å². The third kappa shape index (κ3) is 4.13. The molecule has 0 N–H and O–H groups in total. The van der Waals surface area contributed by atoms with Gasteiger partial charge < -0.3 is 0 Å². The van der Waals surface area contributed by atoms with Crippen LogP contribution in [0.25, 0.3) is 0 Å². The molecule has 1 aliphatic carbocycles. The molecule has 1 aliphatic rings. The standard InChI is InChI=1S/C12H23/c1-11(2)10-12-8-6-4-3-5-7-9-12/h10-12H,3-9H2,1-2H3. The van der Waals surface area contributed by atoms with Gasteiger partial charge in [-0.3, -0.25) is 0 Å². The minimum absolute atomic E-state index is 0.787. The van der Waals surface area contributed by atoms with Crippen LogP contribution in [0.15, 0.2) is 0 Å². The molecule has 0 spiro atoms. The van der Waals surface area contributed by atoms with Gasteiger partial charge in [-0.05, 0) is 18.3 Å². The van der Waals surface area contributed by atoms with Gasteiger partial charge in [0.1, 0.15) is 0 Å². The quantitative estimate of drug-likeness (QED) is 0.578. The molecule has 1 rings (SSSR count). The Kier molecular flexibility index (Phi) is 4.72.